The monoisotopic (exact) mass is 481 g/mol. The van der Waals surface area contributed by atoms with E-state index < -0.39 is 0 Å². The topological polar surface area (TPSA) is 46.0 Å². The summed E-state index contributed by atoms with van der Waals surface area (Å²) < 4.78 is 2.42. The normalized spacial score (nSPS) is 17.6. The predicted molar refractivity (Wildman–Crippen MR) is 145 cm³/mol. The molecule has 0 aliphatic carbocycles. The van der Waals surface area contributed by atoms with Gasteiger partial charge in [0.1, 0.15) is 0 Å². The van der Waals surface area contributed by atoms with Crippen LogP contribution in [0, 0.1) is 20.8 Å². The van der Waals surface area contributed by atoms with Crippen molar-refractivity contribution in [2.45, 2.75) is 52.7 Å². The largest absolute Gasteiger partial charge is 0.352 e. The van der Waals surface area contributed by atoms with Crippen LogP contribution in [0.25, 0.3) is 5.69 Å². The van der Waals surface area contributed by atoms with Crippen molar-refractivity contribution in [3.05, 3.63) is 113 Å². The summed E-state index contributed by atoms with van der Waals surface area (Å²) in [4.78, 5) is 11.3. The fourth-order valence-corrected chi connectivity index (χ4v) is 5.66. The van der Waals surface area contributed by atoms with E-state index in [4.69, 9.17) is 17.2 Å². The van der Waals surface area contributed by atoms with Crippen LogP contribution in [-0.4, -0.2) is 24.5 Å². The Balaban J connectivity index is 1.66. The Labute approximate surface area is 212 Å². The minimum atomic E-state index is -0.0446. The van der Waals surface area contributed by atoms with Gasteiger partial charge in [-0.1, -0.05) is 37.3 Å². The molecule has 1 aromatic carbocycles. The zero-order valence-corrected chi connectivity index (χ0v) is 21.5. The number of hydrogen-bond donors (Lipinski definition) is 1. The number of nitrogens with zero attached hydrogens (tertiary/aromatic N) is 4. The van der Waals surface area contributed by atoms with Crippen molar-refractivity contribution in [2.24, 2.45) is 0 Å². The Hall–Kier alpha value is -3.51. The average Bonchev–Trinajstić information content (AvgIpc) is 3.35. The first-order chi connectivity index (χ1) is 17.0. The van der Waals surface area contributed by atoms with Crippen LogP contribution in [0.15, 0.2) is 73.2 Å². The summed E-state index contributed by atoms with van der Waals surface area (Å²) in [6.45, 7) is 9.53. The van der Waals surface area contributed by atoms with Crippen LogP contribution in [0.4, 0.5) is 0 Å². The summed E-state index contributed by atoms with van der Waals surface area (Å²) in [6.07, 6.45) is 6.56. The Bertz CT molecular complexity index is 1350. The first-order valence-corrected chi connectivity index (χ1v) is 12.5. The van der Waals surface area contributed by atoms with Gasteiger partial charge in [-0.05, 0) is 85.9 Å². The number of nitrogens with one attached hydrogen (secondary N) is 1. The Morgan fingerprint density at radius 1 is 1.00 bits per heavy atom. The first kappa shape index (κ1) is 23.2. The van der Waals surface area contributed by atoms with E-state index in [0.29, 0.717) is 6.54 Å². The highest BCUT2D eigenvalue weighted by molar-refractivity contribution is 7.80. The minimum Gasteiger partial charge on any atom is -0.352 e. The molecule has 35 heavy (non-hydrogen) atoms. The van der Waals surface area contributed by atoms with Gasteiger partial charge in [-0.15, -0.1) is 0 Å². The molecular formula is C29H31N5S. The van der Waals surface area contributed by atoms with Gasteiger partial charge in [0.05, 0.1) is 23.5 Å². The van der Waals surface area contributed by atoms with Crippen LogP contribution < -0.4 is 5.32 Å². The zero-order valence-electron chi connectivity index (χ0n) is 20.7. The fraction of sp³-hybridized carbons (Fsp3) is 0.276. The van der Waals surface area contributed by atoms with E-state index in [1.165, 1.54) is 33.8 Å². The highest BCUT2D eigenvalue weighted by Gasteiger charge is 2.41. The van der Waals surface area contributed by atoms with Crippen molar-refractivity contribution in [3.8, 4) is 5.69 Å². The lowest BCUT2D eigenvalue weighted by atomic mass is 9.96. The van der Waals surface area contributed by atoms with Gasteiger partial charge in [-0.2, -0.15) is 0 Å². The van der Waals surface area contributed by atoms with Crippen molar-refractivity contribution in [1.29, 1.82) is 0 Å². The molecule has 0 amide bonds. The maximum absolute atomic E-state index is 5.89. The van der Waals surface area contributed by atoms with Gasteiger partial charge in [-0.3, -0.25) is 9.97 Å². The van der Waals surface area contributed by atoms with Gasteiger partial charge >= 0.3 is 0 Å². The molecule has 1 aliphatic heterocycles. The van der Waals surface area contributed by atoms with E-state index in [1.54, 1.807) is 6.20 Å². The molecule has 178 valence electrons. The standard InChI is InChI=1S/C29H31N5S/c1-5-23-12-8-10-19(2)27(23)34-20(3)16-24(21(34)4)28-26(25-13-6-7-15-31-25)32-29(35)33(28)18-22-11-9-14-30-17-22/h6-17,26,28H,5,18H2,1-4H3,(H,32,35)/t26-,28+/m1/s1. The molecule has 1 saturated heterocycles. The molecule has 0 radical (unpaired) electrons. The molecule has 0 saturated carbocycles. The molecule has 6 heteroatoms. The summed E-state index contributed by atoms with van der Waals surface area (Å²) in [5.74, 6) is 0. The van der Waals surface area contributed by atoms with Gasteiger partial charge in [0.15, 0.2) is 5.11 Å². The molecule has 4 heterocycles. The lowest BCUT2D eigenvalue weighted by Gasteiger charge is -2.28. The van der Waals surface area contributed by atoms with E-state index in [1.807, 2.05) is 30.6 Å². The predicted octanol–water partition coefficient (Wildman–Crippen LogP) is 5.93. The molecule has 1 aliphatic rings. The van der Waals surface area contributed by atoms with Crippen molar-refractivity contribution in [2.75, 3.05) is 0 Å². The van der Waals surface area contributed by atoms with E-state index >= 15 is 0 Å². The smallest absolute Gasteiger partial charge is 0.170 e. The summed E-state index contributed by atoms with van der Waals surface area (Å²) in [5, 5.41) is 4.32. The van der Waals surface area contributed by atoms with Gasteiger partial charge < -0.3 is 14.8 Å². The maximum atomic E-state index is 5.89. The van der Waals surface area contributed by atoms with E-state index in [9.17, 15) is 0 Å². The Morgan fingerprint density at radius 2 is 1.86 bits per heavy atom. The lowest BCUT2D eigenvalue weighted by molar-refractivity contribution is 0.310. The molecule has 3 aromatic heterocycles. The molecule has 0 spiro atoms. The number of pyridine rings is 2. The molecule has 2 atom stereocenters. The maximum Gasteiger partial charge on any atom is 0.170 e. The number of benzene rings is 1. The second kappa shape index (κ2) is 9.62. The third-order valence-corrected chi connectivity index (χ3v) is 7.34. The second-order valence-corrected chi connectivity index (χ2v) is 9.60. The minimum absolute atomic E-state index is 0.00616. The quantitative estimate of drug-likeness (QED) is 0.346. The van der Waals surface area contributed by atoms with Gasteiger partial charge in [0.25, 0.3) is 0 Å². The van der Waals surface area contributed by atoms with Crippen molar-refractivity contribution >= 4 is 17.3 Å². The Kier molecular flexibility index (Phi) is 6.39. The molecular weight excluding hydrogens is 450 g/mol. The summed E-state index contributed by atoms with van der Waals surface area (Å²) in [6, 6.07) is 19.0. The van der Waals surface area contributed by atoms with Gasteiger partial charge in [0.2, 0.25) is 0 Å². The van der Waals surface area contributed by atoms with E-state index in [0.717, 1.165) is 22.8 Å². The Morgan fingerprint density at radius 3 is 2.57 bits per heavy atom. The molecule has 5 rings (SSSR count). The highest BCUT2D eigenvalue weighted by Crippen LogP contribution is 2.42. The molecule has 0 bridgehead atoms. The molecule has 1 fully saturated rings. The van der Waals surface area contributed by atoms with Crippen LogP contribution in [0.3, 0.4) is 0 Å². The number of thiocarbonyl (C=S) groups is 1. The number of hydrogen-bond acceptors (Lipinski definition) is 3. The summed E-state index contributed by atoms with van der Waals surface area (Å²) in [7, 11) is 0. The van der Waals surface area contributed by atoms with Crippen LogP contribution in [-0.2, 0) is 13.0 Å². The van der Waals surface area contributed by atoms with Gasteiger partial charge in [0, 0.05) is 36.5 Å². The highest BCUT2D eigenvalue weighted by atomic mass is 32.1. The van der Waals surface area contributed by atoms with Crippen LogP contribution in [0.2, 0.25) is 0 Å². The van der Waals surface area contributed by atoms with Crippen LogP contribution in [0.5, 0.6) is 0 Å². The molecule has 1 N–H and O–H groups in total. The average molecular weight is 482 g/mol. The van der Waals surface area contributed by atoms with Crippen molar-refractivity contribution in [3.63, 3.8) is 0 Å². The third kappa shape index (κ3) is 4.23. The number of aromatic nitrogens is 3. The summed E-state index contributed by atoms with van der Waals surface area (Å²) in [5.41, 5.74) is 9.77. The van der Waals surface area contributed by atoms with Crippen molar-refractivity contribution in [1.82, 2.24) is 24.8 Å². The lowest BCUT2D eigenvalue weighted by Crippen LogP contribution is -2.29. The third-order valence-electron chi connectivity index (χ3n) is 6.99. The summed E-state index contributed by atoms with van der Waals surface area (Å²) >= 11 is 5.89. The van der Waals surface area contributed by atoms with E-state index in [2.05, 4.69) is 83.9 Å². The first-order valence-electron chi connectivity index (χ1n) is 12.1. The van der Waals surface area contributed by atoms with Crippen LogP contribution >= 0.6 is 12.2 Å². The number of rotatable bonds is 6. The zero-order chi connectivity index (χ0) is 24.5. The fourth-order valence-electron chi connectivity index (χ4n) is 5.36. The molecule has 5 nitrogen and oxygen atoms in total. The second-order valence-electron chi connectivity index (χ2n) is 9.21. The number of aryl methyl sites for hydroxylation is 3. The molecule has 4 aromatic rings. The SMILES string of the molecule is CCc1cccc(C)c1-n1c(C)cc([C@H]2[C@@H](c3ccccn3)NC(=S)N2Cc2cccnc2)c1C. The van der Waals surface area contributed by atoms with Gasteiger partial charge in [-0.25, -0.2) is 0 Å². The number of para-hydroxylation sites is 1. The van der Waals surface area contributed by atoms with Crippen molar-refractivity contribution < 1.29 is 0 Å². The van der Waals surface area contributed by atoms with Crippen LogP contribution in [0.1, 0.15) is 58.3 Å². The van der Waals surface area contributed by atoms with E-state index in [-0.39, 0.29) is 12.1 Å². The molecule has 0 unspecified atom stereocenters.